The van der Waals surface area contributed by atoms with Crippen molar-refractivity contribution in [3.63, 3.8) is 0 Å². The van der Waals surface area contributed by atoms with Gasteiger partial charge in [0.1, 0.15) is 23.0 Å². The first-order valence-corrected chi connectivity index (χ1v) is 9.68. The van der Waals surface area contributed by atoms with Gasteiger partial charge in [0.15, 0.2) is 11.4 Å². The Balaban J connectivity index is 2.10. The summed E-state index contributed by atoms with van der Waals surface area (Å²) in [7, 11) is 2.96. The Labute approximate surface area is 187 Å². The molecule has 2 aromatic carbocycles. The third kappa shape index (κ3) is 5.85. The molecule has 0 amide bonds. The smallest absolute Gasteiger partial charge is 0.434 e. The van der Waals surface area contributed by atoms with Crippen molar-refractivity contribution in [2.45, 2.75) is 13.1 Å². The van der Waals surface area contributed by atoms with Gasteiger partial charge in [-0.15, -0.1) is 0 Å². The van der Waals surface area contributed by atoms with Crippen LogP contribution in [0.25, 0.3) is 0 Å². The molecule has 0 atom stereocenters. The summed E-state index contributed by atoms with van der Waals surface area (Å²) < 4.78 is 67.4. The molecule has 3 rings (SSSR count). The number of hydrogen-bond donors (Lipinski definition) is 0. The van der Waals surface area contributed by atoms with Gasteiger partial charge in [0.25, 0.3) is 5.88 Å². The second kappa shape index (κ2) is 10.1. The largest absolute Gasteiger partial charge is 0.497 e. The summed E-state index contributed by atoms with van der Waals surface area (Å²) in [6, 6.07) is 13.3. The van der Waals surface area contributed by atoms with Crippen LogP contribution in [0.1, 0.15) is 23.0 Å². The van der Waals surface area contributed by atoms with E-state index in [9.17, 15) is 18.0 Å². The van der Waals surface area contributed by atoms with Crippen molar-refractivity contribution in [2.75, 3.05) is 20.8 Å². The highest BCUT2D eigenvalue weighted by Gasteiger charge is 2.39. The molecule has 0 aliphatic carbocycles. The van der Waals surface area contributed by atoms with Crippen molar-refractivity contribution in [1.29, 1.82) is 0 Å². The summed E-state index contributed by atoms with van der Waals surface area (Å²) >= 11 is 0. The van der Waals surface area contributed by atoms with E-state index in [0.717, 1.165) is 6.07 Å². The first-order valence-electron chi connectivity index (χ1n) is 9.68. The lowest BCUT2D eigenvalue weighted by Gasteiger charge is -2.17. The number of alkyl halides is 3. The van der Waals surface area contributed by atoms with Crippen LogP contribution in [0.3, 0.4) is 0 Å². The van der Waals surface area contributed by atoms with Gasteiger partial charge in [0.05, 0.1) is 26.4 Å². The Morgan fingerprint density at radius 1 is 0.848 bits per heavy atom. The van der Waals surface area contributed by atoms with Crippen LogP contribution in [0.15, 0.2) is 54.6 Å². The monoisotopic (exact) mass is 463 g/mol. The summed E-state index contributed by atoms with van der Waals surface area (Å²) in [5.41, 5.74) is -2.25. The third-order valence-electron chi connectivity index (χ3n) is 4.28. The highest BCUT2D eigenvalue weighted by molar-refractivity contribution is 5.91. The average Bonchev–Trinajstić information content (AvgIpc) is 2.80. The maximum atomic E-state index is 13.7. The van der Waals surface area contributed by atoms with Gasteiger partial charge in [0, 0.05) is 6.07 Å². The predicted molar refractivity (Wildman–Crippen MR) is 111 cm³/mol. The molecule has 10 heteroatoms. The fourth-order valence-corrected chi connectivity index (χ4v) is 2.73. The van der Waals surface area contributed by atoms with Gasteiger partial charge < -0.3 is 23.7 Å². The maximum Gasteiger partial charge on any atom is 0.434 e. The third-order valence-corrected chi connectivity index (χ3v) is 4.28. The van der Waals surface area contributed by atoms with E-state index in [2.05, 4.69) is 4.98 Å². The molecule has 0 unspecified atom stereocenters. The Kier molecular flexibility index (Phi) is 7.27. The van der Waals surface area contributed by atoms with Gasteiger partial charge in [-0.05, 0) is 55.5 Å². The summed E-state index contributed by atoms with van der Waals surface area (Å²) in [5.74, 6) is -0.378. The minimum absolute atomic E-state index is 0.116. The number of benzene rings is 2. The van der Waals surface area contributed by atoms with Crippen LogP contribution in [-0.4, -0.2) is 31.8 Å². The Morgan fingerprint density at radius 3 is 1.79 bits per heavy atom. The number of pyridine rings is 1. The van der Waals surface area contributed by atoms with Crippen LogP contribution in [0.5, 0.6) is 34.6 Å². The molecule has 0 saturated carbocycles. The standard InChI is InChI=1S/C23H20F3NO6/c1-4-31-22(28)18-13-19(32-16-9-5-14(29-2)6-10-16)21(27-20(18)23(24,25)26)33-17-11-7-15(30-3)8-12-17/h5-13H,4H2,1-3H3. The molecule has 0 N–H and O–H groups in total. The van der Waals surface area contributed by atoms with Gasteiger partial charge in [-0.1, -0.05) is 0 Å². The number of aromatic nitrogens is 1. The van der Waals surface area contributed by atoms with Crippen molar-refractivity contribution in [1.82, 2.24) is 4.98 Å². The summed E-state index contributed by atoms with van der Waals surface area (Å²) in [6.07, 6.45) is -4.95. The van der Waals surface area contributed by atoms with E-state index in [-0.39, 0.29) is 23.9 Å². The summed E-state index contributed by atoms with van der Waals surface area (Å²) in [6.45, 7) is 1.36. The summed E-state index contributed by atoms with van der Waals surface area (Å²) in [5, 5.41) is 0. The molecule has 1 heterocycles. The molecule has 0 aliphatic heterocycles. The van der Waals surface area contributed by atoms with Crippen molar-refractivity contribution in [3.05, 3.63) is 65.9 Å². The lowest BCUT2D eigenvalue weighted by atomic mass is 10.1. The molecule has 174 valence electrons. The molecule has 0 fully saturated rings. The number of ether oxygens (including phenoxy) is 5. The van der Waals surface area contributed by atoms with E-state index in [1.807, 2.05) is 0 Å². The minimum Gasteiger partial charge on any atom is -0.497 e. The van der Waals surface area contributed by atoms with Crippen LogP contribution in [-0.2, 0) is 10.9 Å². The molecule has 0 spiro atoms. The first-order chi connectivity index (χ1) is 15.7. The number of carbonyl (C=O) groups excluding carboxylic acids is 1. The van der Waals surface area contributed by atoms with Crippen molar-refractivity contribution >= 4 is 5.97 Å². The zero-order valence-corrected chi connectivity index (χ0v) is 17.9. The Morgan fingerprint density at radius 2 is 1.33 bits per heavy atom. The molecule has 7 nitrogen and oxygen atoms in total. The van der Waals surface area contributed by atoms with Crippen LogP contribution >= 0.6 is 0 Å². The van der Waals surface area contributed by atoms with Gasteiger partial charge in [-0.2, -0.15) is 13.2 Å². The molecule has 0 aliphatic rings. The van der Waals surface area contributed by atoms with Crippen LogP contribution in [0.4, 0.5) is 13.2 Å². The number of rotatable bonds is 8. The number of carbonyl (C=O) groups is 1. The predicted octanol–water partition coefficient (Wildman–Crippen LogP) is 5.88. The molecular weight excluding hydrogens is 443 g/mol. The Bertz CT molecular complexity index is 1100. The molecule has 3 aromatic rings. The minimum atomic E-state index is -4.95. The first kappa shape index (κ1) is 23.7. The molecule has 0 bridgehead atoms. The number of hydrogen-bond acceptors (Lipinski definition) is 7. The molecular formula is C23H20F3NO6. The topological polar surface area (TPSA) is 76.1 Å². The lowest BCUT2D eigenvalue weighted by molar-refractivity contribution is -0.142. The van der Waals surface area contributed by atoms with E-state index in [0.29, 0.717) is 11.5 Å². The van der Waals surface area contributed by atoms with Crippen molar-refractivity contribution < 1.29 is 41.7 Å². The quantitative estimate of drug-likeness (QED) is 0.386. The summed E-state index contributed by atoms with van der Waals surface area (Å²) in [4.78, 5) is 15.8. The molecule has 33 heavy (non-hydrogen) atoms. The normalized spacial score (nSPS) is 11.0. The van der Waals surface area contributed by atoms with Gasteiger partial charge >= 0.3 is 12.1 Å². The molecule has 0 saturated heterocycles. The van der Waals surface area contributed by atoms with Crippen LogP contribution in [0, 0.1) is 0 Å². The highest BCUT2D eigenvalue weighted by Crippen LogP contribution is 2.40. The van der Waals surface area contributed by atoms with Gasteiger partial charge in [0.2, 0.25) is 0 Å². The van der Waals surface area contributed by atoms with Crippen molar-refractivity contribution in [3.8, 4) is 34.6 Å². The molecule has 0 radical (unpaired) electrons. The highest BCUT2D eigenvalue weighted by atomic mass is 19.4. The van der Waals surface area contributed by atoms with E-state index in [4.69, 9.17) is 23.7 Å². The van der Waals surface area contributed by atoms with E-state index in [1.54, 1.807) is 24.3 Å². The second-order valence-corrected chi connectivity index (χ2v) is 6.46. The maximum absolute atomic E-state index is 13.7. The lowest BCUT2D eigenvalue weighted by Crippen LogP contribution is -2.18. The van der Waals surface area contributed by atoms with Gasteiger partial charge in [-0.25, -0.2) is 9.78 Å². The van der Waals surface area contributed by atoms with Crippen LogP contribution in [0.2, 0.25) is 0 Å². The average molecular weight is 463 g/mol. The zero-order chi connectivity index (χ0) is 24.0. The number of esters is 1. The second-order valence-electron chi connectivity index (χ2n) is 6.46. The van der Waals surface area contributed by atoms with E-state index in [1.165, 1.54) is 45.4 Å². The van der Waals surface area contributed by atoms with E-state index < -0.39 is 29.3 Å². The molecule has 1 aromatic heterocycles. The fraction of sp³-hybridized carbons (Fsp3) is 0.217. The number of nitrogens with zero attached hydrogens (tertiary/aromatic N) is 1. The zero-order valence-electron chi connectivity index (χ0n) is 17.9. The SMILES string of the molecule is CCOC(=O)c1cc(Oc2ccc(OC)cc2)c(Oc2ccc(OC)cc2)nc1C(F)(F)F. The fourth-order valence-electron chi connectivity index (χ4n) is 2.73. The van der Waals surface area contributed by atoms with Crippen molar-refractivity contribution in [2.24, 2.45) is 0 Å². The van der Waals surface area contributed by atoms with Gasteiger partial charge in [-0.3, -0.25) is 0 Å². The number of methoxy groups -OCH3 is 2. The Hall–Kier alpha value is -3.95. The number of halogens is 3. The van der Waals surface area contributed by atoms with E-state index >= 15 is 0 Å². The van der Waals surface area contributed by atoms with Crippen LogP contribution < -0.4 is 18.9 Å².